The van der Waals surface area contributed by atoms with Gasteiger partial charge in [0, 0.05) is 13.1 Å². The van der Waals surface area contributed by atoms with Gasteiger partial charge in [-0.05, 0) is 42.9 Å². The summed E-state index contributed by atoms with van der Waals surface area (Å²) >= 11 is 0. The van der Waals surface area contributed by atoms with Crippen molar-refractivity contribution in [1.82, 2.24) is 4.90 Å². The highest BCUT2D eigenvalue weighted by Gasteiger charge is 2.58. The zero-order chi connectivity index (χ0) is 19.3. The summed E-state index contributed by atoms with van der Waals surface area (Å²) in [5, 5.41) is 4.92. The van der Waals surface area contributed by atoms with Gasteiger partial charge in [0.05, 0.1) is 16.4 Å². The molecule has 26 heavy (non-hydrogen) atoms. The van der Waals surface area contributed by atoms with Crippen molar-refractivity contribution >= 4 is 15.9 Å². The number of benzene rings is 1. The summed E-state index contributed by atoms with van der Waals surface area (Å²) in [6.45, 7) is -0.201. The summed E-state index contributed by atoms with van der Waals surface area (Å²) in [5.41, 5.74) is -1.37. The lowest BCUT2D eigenvalue weighted by Crippen LogP contribution is -2.57. The molecule has 1 saturated carbocycles. The first kappa shape index (κ1) is 19.1. The summed E-state index contributed by atoms with van der Waals surface area (Å²) in [6, 6.07) is 2.65. The SMILES string of the molecule is NS(=O)(=O)c1ccc(C(=O)N2CCC(C(F)(F)F)C3(CCC3)C2)c(F)c1. The molecule has 5 nitrogen and oxygen atoms in total. The Labute approximate surface area is 148 Å². The average molecular weight is 394 g/mol. The van der Waals surface area contributed by atoms with Gasteiger partial charge in [0.2, 0.25) is 10.0 Å². The second-order valence-corrected chi connectivity index (χ2v) is 8.57. The van der Waals surface area contributed by atoms with E-state index in [1.165, 1.54) is 4.90 Å². The molecule has 2 fully saturated rings. The van der Waals surface area contributed by atoms with E-state index in [1.54, 1.807) is 0 Å². The van der Waals surface area contributed by atoms with Gasteiger partial charge in [0.25, 0.3) is 5.91 Å². The maximum Gasteiger partial charge on any atom is 0.392 e. The van der Waals surface area contributed by atoms with E-state index < -0.39 is 44.2 Å². The number of hydrogen-bond donors (Lipinski definition) is 1. The Bertz CT molecular complexity index is 834. The molecule has 0 radical (unpaired) electrons. The number of rotatable bonds is 2. The van der Waals surface area contributed by atoms with E-state index >= 15 is 0 Å². The molecule has 0 aromatic heterocycles. The number of sulfonamides is 1. The molecule has 1 unspecified atom stereocenters. The second kappa shape index (κ2) is 6.19. The van der Waals surface area contributed by atoms with E-state index in [9.17, 15) is 30.8 Å². The first-order valence-corrected chi connectivity index (χ1v) is 9.67. The number of piperidine rings is 1. The number of amides is 1. The molecule has 144 valence electrons. The Balaban J connectivity index is 1.84. The number of likely N-dealkylation sites (tertiary alicyclic amines) is 1. The van der Waals surface area contributed by atoms with Crippen LogP contribution < -0.4 is 5.14 Å². The molecule has 1 spiro atoms. The average Bonchev–Trinajstić information content (AvgIpc) is 2.50. The van der Waals surface area contributed by atoms with E-state index in [1.807, 2.05) is 0 Å². The minimum Gasteiger partial charge on any atom is -0.338 e. The Morgan fingerprint density at radius 1 is 1.27 bits per heavy atom. The number of carbonyl (C=O) groups excluding carboxylic acids is 1. The van der Waals surface area contributed by atoms with Crippen LogP contribution in [0.1, 0.15) is 36.0 Å². The van der Waals surface area contributed by atoms with Crippen LogP contribution >= 0.6 is 0 Å². The van der Waals surface area contributed by atoms with Crippen LogP contribution in [0.4, 0.5) is 17.6 Å². The van der Waals surface area contributed by atoms with Crippen LogP contribution in [0.25, 0.3) is 0 Å². The first-order valence-electron chi connectivity index (χ1n) is 8.12. The minimum atomic E-state index is -4.32. The number of primary sulfonamides is 1. The quantitative estimate of drug-likeness (QED) is 0.783. The van der Waals surface area contributed by atoms with E-state index in [4.69, 9.17) is 5.14 Å². The number of hydrogen-bond acceptors (Lipinski definition) is 3. The Kier molecular flexibility index (Phi) is 4.55. The van der Waals surface area contributed by atoms with Crippen molar-refractivity contribution in [1.29, 1.82) is 0 Å². The van der Waals surface area contributed by atoms with E-state index in [0.29, 0.717) is 25.3 Å². The monoisotopic (exact) mass is 394 g/mol. The molecular formula is C16H18F4N2O3S. The minimum absolute atomic E-state index is 0.0770. The van der Waals surface area contributed by atoms with Gasteiger partial charge in [0.1, 0.15) is 5.82 Å². The number of halogens is 4. The van der Waals surface area contributed by atoms with Gasteiger partial charge in [-0.15, -0.1) is 0 Å². The topological polar surface area (TPSA) is 80.5 Å². The number of nitrogens with two attached hydrogens (primary N) is 1. The second-order valence-electron chi connectivity index (χ2n) is 7.01. The third-order valence-electron chi connectivity index (χ3n) is 5.46. The van der Waals surface area contributed by atoms with Crippen LogP contribution in [0.15, 0.2) is 23.1 Å². The molecule has 0 bridgehead atoms. The van der Waals surface area contributed by atoms with Crippen molar-refractivity contribution in [2.24, 2.45) is 16.5 Å². The van der Waals surface area contributed by atoms with Crippen molar-refractivity contribution in [3.8, 4) is 0 Å². The molecule has 1 heterocycles. The molecule has 2 aliphatic rings. The summed E-state index contributed by atoms with van der Waals surface area (Å²) in [4.78, 5) is 13.3. The zero-order valence-electron chi connectivity index (χ0n) is 13.7. The highest BCUT2D eigenvalue weighted by molar-refractivity contribution is 7.89. The van der Waals surface area contributed by atoms with E-state index in [0.717, 1.165) is 12.1 Å². The fourth-order valence-electron chi connectivity index (χ4n) is 4.00. The van der Waals surface area contributed by atoms with Crippen molar-refractivity contribution < 1.29 is 30.8 Å². The first-order chi connectivity index (χ1) is 11.9. The fraction of sp³-hybridized carbons (Fsp3) is 0.562. The van der Waals surface area contributed by atoms with Crippen molar-refractivity contribution in [3.05, 3.63) is 29.6 Å². The number of alkyl halides is 3. The molecular weight excluding hydrogens is 376 g/mol. The number of carbonyl (C=O) groups is 1. The maximum absolute atomic E-state index is 14.2. The zero-order valence-corrected chi connectivity index (χ0v) is 14.5. The van der Waals surface area contributed by atoms with E-state index in [-0.39, 0.29) is 25.1 Å². The van der Waals surface area contributed by atoms with Crippen molar-refractivity contribution in [2.45, 2.75) is 36.8 Å². The molecule has 1 aliphatic heterocycles. The van der Waals surface area contributed by atoms with Gasteiger partial charge in [-0.1, -0.05) is 6.42 Å². The molecule has 1 aromatic carbocycles. The van der Waals surface area contributed by atoms with Crippen LogP contribution in [0.2, 0.25) is 0 Å². The van der Waals surface area contributed by atoms with Gasteiger partial charge in [-0.2, -0.15) is 13.2 Å². The molecule has 1 atom stereocenters. The Morgan fingerprint density at radius 2 is 1.92 bits per heavy atom. The molecule has 3 rings (SSSR count). The summed E-state index contributed by atoms with van der Waals surface area (Å²) in [6.07, 6.45) is -3.10. The van der Waals surface area contributed by atoms with Crippen LogP contribution in [0, 0.1) is 17.2 Å². The molecule has 1 aliphatic carbocycles. The molecule has 2 N–H and O–H groups in total. The van der Waals surface area contributed by atoms with Crippen LogP contribution in [-0.4, -0.2) is 38.5 Å². The van der Waals surface area contributed by atoms with Gasteiger partial charge >= 0.3 is 6.18 Å². The third-order valence-corrected chi connectivity index (χ3v) is 6.37. The largest absolute Gasteiger partial charge is 0.392 e. The van der Waals surface area contributed by atoms with Gasteiger partial charge in [-0.25, -0.2) is 17.9 Å². The summed E-state index contributed by atoms with van der Waals surface area (Å²) in [7, 11) is -4.12. The van der Waals surface area contributed by atoms with Gasteiger partial charge in [0.15, 0.2) is 0 Å². The number of nitrogens with zero attached hydrogens (tertiary/aromatic N) is 1. The third kappa shape index (κ3) is 3.32. The molecule has 1 saturated heterocycles. The van der Waals surface area contributed by atoms with Gasteiger partial charge < -0.3 is 4.90 Å². The maximum atomic E-state index is 14.2. The predicted molar refractivity (Wildman–Crippen MR) is 84.1 cm³/mol. The highest BCUT2D eigenvalue weighted by atomic mass is 32.2. The van der Waals surface area contributed by atoms with E-state index in [2.05, 4.69) is 0 Å². The van der Waals surface area contributed by atoms with Gasteiger partial charge in [-0.3, -0.25) is 4.79 Å². The highest BCUT2D eigenvalue weighted by Crippen LogP contribution is 2.56. The molecule has 1 aromatic rings. The van der Waals surface area contributed by atoms with Crippen LogP contribution in [0.3, 0.4) is 0 Å². The van der Waals surface area contributed by atoms with Crippen molar-refractivity contribution in [2.75, 3.05) is 13.1 Å². The molecule has 10 heteroatoms. The summed E-state index contributed by atoms with van der Waals surface area (Å²) < 4.78 is 76.6. The Morgan fingerprint density at radius 3 is 2.38 bits per heavy atom. The Hall–Kier alpha value is -1.68. The lowest BCUT2D eigenvalue weighted by Gasteiger charge is -2.54. The fourth-order valence-corrected chi connectivity index (χ4v) is 4.52. The van der Waals surface area contributed by atoms with Crippen molar-refractivity contribution in [3.63, 3.8) is 0 Å². The standard InChI is InChI=1S/C16H18F4N2O3S/c17-12-8-10(26(21,24)25)2-3-11(12)14(23)22-7-4-13(16(18,19)20)15(9-22)5-1-6-15/h2-3,8,13H,1,4-7,9H2,(H2,21,24,25). The summed E-state index contributed by atoms with van der Waals surface area (Å²) in [5.74, 6) is -3.26. The normalized spacial score (nSPS) is 23.0. The lowest BCUT2D eigenvalue weighted by atomic mass is 9.58. The van der Waals surface area contributed by atoms with Crippen LogP contribution in [-0.2, 0) is 10.0 Å². The smallest absolute Gasteiger partial charge is 0.338 e. The molecule has 1 amide bonds. The van der Waals surface area contributed by atoms with Crippen LogP contribution in [0.5, 0.6) is 0 Å². The lowest BCUT2D eigenvalue weighted by molar-refractivity contribution is -0.235. The predicted octanol–water partition coefficient (Wildman–Crippen LogP) is 2.67.